The lowest BCUT2D eigenvalue weighted by atomic mass is 10.0. The number of amidine groups is 1. The molecule has 15 nitrogen and oxygen atoms in total. The summed E-state index contributed by atoms with van der Waals surface area (Å²) in [6, 6.07) is 11.4. The predicted molar refractivity (Wildman–Crippen MR) is 199 cm³/mol. The number of aliphatic imine (C=N–C) groups is 1. The van der Waals surface area contributed by atoms with E-state index in [9.17, 15) is 19.5 Å². The Labute approximate surface area is 311 Å². The SMILES string of the molecule is CON=C(C(=O)N[C@@H]1C(=O)N2C(C(=O)O)=C(C[n+]3ccc4c(ccn4Cc4ccc(C(N)=N[C@@H]5CCCNC5)cc4)c3)CS[C@H]12)c1nc(N)sc1Cl. The fourth-order valence-electron chi connectivity index (χ4n) is 6.60. The number of carbonyl (C=O) groups excluding carboxylic acids is 2. The van der Waals surface area contributed by atoms with Crippen molar-refractivity contribution in [1.82, 2.24) is 25.1 Å². The number of benzene rings is 1. The van der Waals surface area contributed by atoms with Gasteiger partial charge in [-0.3, -0.25) is 19.5 Å². The molecule has 0 saturated carbocycles. The van der Waals surface area contributed by atoms with Crippen LogP contribution in [0.2, 0.25) is 4.34 Å². The van der Waals surface area contributed by atoms with Crippen molar-refractivity contribution in [1.29, 1.82) is 0 Å². The number of nitrogen functional groups attached to an aromatic ring is 1. The van der Waals surface area contributed by atoms with Gasteiger partial charge in [-0.15, -0.1) is 11.8 Å². The Morgan fingerprint density at radius 3 is 2.75 bits per heavy atom. The molecule has 270 valence electrons. The van der Waals surface area contributed by atoms with Gasteiger partial charge >= 0.3 is 5.97 Å². The Kier molecular flexibility index (Phi) is 10.2. The number of nitrogens with zero attached hydrogens (tertiary/aromatic N) is 6. The Hall–Kier alpha value is -4.97. The van der Waals surface area contributed by atoms with Crippen molar-refractivity contribution in [3.05, 3.63) is 87.4 Å². The van der Waals surface area contributed by atoms with Crippen LogP contribution in [0.4, 0.5) is 5.13 Å². The van der Waals surface area contributed by atoms with Crippen LogP contribution in [-0.2, 0) is 32.3 Å². The monoisotopic (exact) mass is 763 g/mol. The van der Waals surface area contributed by atoms with E-state index in [2.05, 4.69) is 37.5 Å². The number of pyridine rings is 1. The zero-order valence-electron chi connectivity index (χ0n) is 28.0. The number of nitrogens with two attached hydrogens (primary N) is 2. The van der Waals surface area contributed by atoms with Crippen molar-refractivity contribution in [3.8, 4) is 0 Å². The number of fused-ring (bicyclic) bond motifs is 2. The van der Waals surface area contributed by atoms with Gasteiger partial charge in [0.25, 0.3) is 11.8 Å². The fourth-order valence-corrected chi connectivity index (χ4v) is 8.86. The van der Waals surface area contributed by atoms with Gasteiger partial charge in [-0.1, -0.05) is 52.4 Å². The number of carbonyl (C=O) groups is 3. The number of oxime groups is 1. The first kappa shape index (κ1) is 35.4. The zero-order valence-corrected chi connectivity index (χ0v) is 30.4. The Morgan fingerprint density at radius 2 is 2.06 bits per heavy atom. The number of β-lactam (4-membered cyclic amide) rings is 1. The number of piperidine rings is 1. The van der Waals surface area contributed by atoms with Crippen LogP contribution in [0.1, 0.15) is 29.7 Å². The van der Waals surface area contributed by atoms with E-state index in [1.165, 1.54) is 23.8 Å². The average Bonchev–Trinajstić information content (AvgIpc) is 3.69. The molecule has 0 aliphatic carbocycles. The first-order chi connectivity index (χ1) is 25.1. The summed E-state index contributed by atoms with van der Waals surface area (Å²) < 4.78 is 4.19. The number of halogens is 1. The number of aliphatic carboxylic acids is 1. The summed E-state index contributed by atoms with van der Waals surface area (Å²) in [5.74, 6) is -1.63. The third kappa shape index (κ3) is 7.08. The number of carboxylic acids is 1. The van der Waals surface area contributed by atoms with Gasteiger partial charge in [0.1, 0.15) is 40.1 Å². The summed E-state index contributed by atoms with van der Waals surface area (Å²) in [7, 11) is 1.25. The third-order valence-electron chi connectivity index (χ3n) is 9.10. The largest absolute Gasteiger partial charge is 0.477 e. The minimum absolute atomic E-state index is 0.0226. The number of thiazole rings is 1. The van der Waals surface area contributed by atoms with Crippen LogP contribution in [0.25, 0.3) is 10.9 Å². The molecule has 18 heteroatoms. The number of anilines is 1. The number of hydrogen-bond acceptors (Lipinski definition) is 11. The van der Waals surface area contributed by atoms with E-state index >= 15 is 0 Å². The topological polar surface area (TPSA) is 206 Å². The molecule has 4 aromatic rings. The minimum Gasteiger partial charge on any atom is -0.477 e. The highest BCUT2D eigenvalue weighted by Gasteiger charge is 2.55. The highest BCUT2D eigenvalue weighted by molar-refractivity contribution is 8.00. The molecular formula is C34H36ClN10O5S2+. The second-order valence-corrected chi connectivity index (χ2v) is 15.3. The Balaban J connectivity index is 1.03. The molecule has 3 atom stereocenters. The first-order valence-corrected chi connectivity index (χ1v) is 18.7. The Bertz CT molecular complexity index is 2140. The second-order valence-electron chi connectivity index (χ2n) is 12.5. The normalized spacial score (nSPS) is 20.8. The van der Waals surface area contributed by atoms with Crippen LogP contribution in [0, 0.1) is 0 Å². The summed E-state index contributed by atoms with van der Waals surface area (Å²) in [6.07, 6.45) is 8.02. The van der Waals surface area contributed by atoms with Crippen LogP contribution in [0.5, 0.6) is 0 Å². The number of hydrogen-bond donors (Lipinski definition) is 5. The lowest BCUT2D eigenvalue weighted by Crippen LogP contribution is -2.71. The van der Waals surface area contributed by atoms with Gasteiger partial charge in [0.15, 0.2) is 29.8 Å². The molecule has 3 aliphatic rings. The number of nitrogens with one attached hydrogen (secondary N) is 2. The molecule has 0 radical (unpaired) electrons. The fraction of sp³-hybridized carbons (Fsp3) is 0.324. The van der Waals surface area contributed by atoms with Crippen LogP contribution in [0.15, 0.2) is 76.4 Å². The minimum atomic E-state index is -1.22. The van der Waals surface area contributed by atoms with E-state index in [1.807, 2.05) is 47.4 Å². The number of carboxylic acid groups (broad SMARTS) is 1. The predicted octanol–water partition coefficient (Wildman–Crippen LogP) is 1.92. The molecule has 7 N–H and O–H groups in total. The number of aromatic nitrogens is 3. The average molecular weight is 764 g/mol. The van der Waals surface area contributed by atoms with Gasteiger partial charge in [-0.25, -0.2) is 14.3 Å². The van der Waals surface area contributed by atoms with Crippen LogP contribution >= 0.6 is 34.7 Å². The third-order valence-corrected chi connectivity index (χ3v) is 11.5. The standard InChI is InChI=1S/C34H35ClN10O5S2/c1-50-42-25(24-28(35)52-34(37)41-24)30(46)40-26-31(47)45-27(33(48)49)21(17-51-32(26)45)16-43-11-9-23-20(15-43)8-12-44(23)14-18-4-6-19(7-5-18)29(36)39-22-3-2-10-38-13-22/h4-9,11-12,15,22,26,32,38H,2-3,10,13-14,16-17H2,1H3,(H5-,36,37,39,40,41,46,48,49)/p+1/t22-,26-,32-/m1/s1. The van der Waals surface area contributed by atoms with Gasteiger partial charge in [0.2, 0.25) is 0 Å². The first-order valence-electron chi connectivity index (χ1n) is 16.5. The van der Waals surface area contributed by atoms with E-state index in [4.69, 9.17) is 32.9 Å². The van der Waals surface area contributed by atoms with E-state index in [1.54, 1.807) is 0 Å². The summed E-state index contributed by atoms with van der Waals surface area (Å²) in [5.41, 5.74) is 15.3. The molecule has 2 amide bonds. The van der Waals surface area contributed by atoms with Crippen LogP contribution in [-0.4, -0.2) is 92.3 Å². The van der Waals surface area contributed by atoms with Crippen LogP contribution < -0.4 is 26.7 Å². The van der Waals surface area contributed by atoms with Crippen molar-refractivity contribution in [2.24, 2.45) is 15.9 Å². The molecule has 3 aliphatic heterocycles. The zero-order chi connectivity index (χ0) is 36.5. The van der Waals surface area contributed by atoms with Gasteiger partial charge < -0.3 is 36.6 Å². The van der Waals surface area contributed by atoms with Crippen molar-refractivity contribution in [2.45, 2.75) is 43.4 Å². The van der Waals surface area contributed by atoms with Gasteiger partial charge in [0, 0.05) is 42.2 Å². The molecule has 0 bridgehead atoms. The van der Waals surface area contributed by atoms with Crippen molar-refractivity contribution in [3.63, 3.8) is 0 Å². The maximum Gasteiger partial charge on any atom is 0.352 e. The van der Waals surface area contributed by atoms with Gasteiger partial charge in [0.05, 0.1) is 16.9 Å². The van der Waals surface area contributed by atoms with Crippen molar-refractivity contribution < 1.29 is 28.9 Å². The van der Waals surface area contributed by atoms with E-state index < -0.39 is 29.2 Å². The molecule has 0 unspecified atom stereocenters. The summed E-state index contributed by atoms with van der Waals surface area (Å²) in [4.78, 5) is 53.8. The molecule has 3 aromatic heterocycles. The number of amides is 2. The number of thioether (sulfide) groups is 1. The van der Waals surface area contributed by atoms with Crippen molar-refractivity contribution >= 4 is 80.1 Å². The Morgan fingerprint density at radius 1 is 1.25 bits per heavy atom. The van der Waals surface area contributed by atoms with Crippen LogP contribution in [0.3, 0.4) is 0 Å². The molecule has 0 spiro atoms. The molecular weight excluding hydrogens is 728 g/mol. The molecule has 2 saturated heterocycles. The highest BCUT2D eigenvalue weighted by atomic mass is 35.5. The maximum absolute atomic E-state index is 13.3. The summed E-state index contributed by atoms with van der Waals surface area (Å²) in [5, 5.41) is 20.5. The second kappa shape index (κ2) is 14.9. The highest BCUT2D eigenvalue weighted by Crippen LogP contribution is 2.40. The van der Waals surface area contributed by atoms with E-state index in [0.717, 1.165) is 59.3 Å². The maximum atomic E-state index is 13.3. The van der Waals surface area contributed by atoms with E-state index in [-0.39, 0.29) is 39.2 Å². The van der Waals surface area contributed by atoms with Gasteiger partial charge in [-0.2, -0.15) is 0 Å². The molecule has 2 fully saturated rings. The van der Waals surface area contributed by atoms with E-state index in [0.29, 0.717) is 23.7 Å². The molecule has 1 aromatic carbocycles. The number of rotatable bonds is 11. The molecule has 6 heterocycles. The summed E-state index contributed by atoms with van der Waals surface area (Å²) >= 11 is 8.51. The molecule has 52 heavy (non-hydrogen) atoms. The van der Waals surface area contributed by atoms with Crippen molar-refractivity contribution in [2.75, 3.05) is 31.7 Å². The van der Waals surface area contributed by atoms with Gasteiger partial charge in [-0.05, 0) is 31.0 Å². The smallest absolute Gasteiger partial charge is 0.352 e. The lowest BCUT2D eigenvalue weighted by molar-refractivity contribution is -0.687. The summed E-state index contributed by atoms with van der Waals surface area (Å²) in [6.45, 7) is 2.80. The lowest BCUT2D eigenvalue weighted by Gasteiger charge is -2.49. The quantitative estimate of drug-likeness (QED) is 0.0493. The molecule has 7 rings (SSSR count).